The number of morpholine rings is 1. The molecule has 1 saturated heterocycles. The summed E-state index contributed by atoms with van der Waals surface area (Å²) in [5.74, 6) is -0.0130. The van der Waals surface area contributed by atoms with E-state index in [4.69, 9.17) is 15.5 Å². The van der Waals surface area contributed by atoms with Gasteiger partial charge in [-0.15, -0.1) is 0 Å². The Bertz CT molecular complexity index is 855. The Labute approximate surface area is 139 Å². The van der Waals surface area contributed by atoms with Gasteiger partial charge in [-0.2, -0.15) is 5.10 Å². The average Bonchev–Trinajstić information content (AvgIpc) is 3.02. The highest BCUT2D eigenvalue weighted by atomic mass is 16.5. The van der Waals surface area contributed by atoms with E-state index in [1.807, 2.05) is 43.8 Å². The van der Waals surface area contributed by atoms with Gasteiger partial charge in [-0.1, -0.05) is 0 Å². The summed E-state index contributed by atoms with van der Waals surface area (Å²) in [6.07, 6.45) is 5.70. The number of aromatic nitrogens is 4. The summed E-state index contributed by atoms with van der Waals surface area (Å²) >= 11 is 0. The molecule has 1 aliphatic rings. The Morgan fingerprint density at radius 1 is 1.33 bits per heavy atom. The second-order valence-corrected chi connectivity index (χ2v) is 6.08. The molecule has 2 aromatic heterocycles. The van der Waals surface area contributed by atoms with Gasteiger partial charge < -0.3 is 15.8 Å². The molecule has 0 spiro atoms. The Balaban J connectivity index is 1.78. The molecule has 0 saturated carbocycles. The van der Waals surface area contributed by atoms with E-state index < -0.39 is 0 Å². The molecule has 2 atom stereocenters. The van der Waals surface area contributed by atoms with Crippen molar-refractivity contribution in [2.45, 2.75) is 12.0 Å². The van der Waals surface area contributed by atoms with Crippen LogP contribution in [0.3, 0.4) is 0 Å². The summed E-state index contributed by atoms with van der Waals surface area (Å²) in [7, 11) is 1.91. The molecule has 0 amide bonds. The fourth-order valence-corrected chi connectivity index (χ4v) is 3.17. The lowest BCUT2D eigenvalue weighted by Gasteiger charge is -2.30. The topological polar surface area (TPSA) is 90.9 Å². The van der Waals surface area contributed by atoms with Crippen LogP contribution in [0.1, 0.15) is 17.2 Å². The van der Waals surface area contributed by atoms with Crippen molar-refractivity contribution in [3.05, 3.63) is 48.0 Å². The third-order valence-corrected chi connectivity index (χ3v) is 4.32. The van der Waals surface area contributed by atoms with E-state index in [0.29, 0.717) is 12.3 Å². The molecule has 4 rings (SSSR count). The van der Waals surface area contributed by atoms with Gasteiger partial charge >= 0.3 is 0 Å². The molecule has 7 heteroatoms. The van der Waals surface area contributed by atoms with Gasteiger partial charge in [0.2, 0.25) is 0 Å². The average molecular weight is 324 g/mol. The third-order valence-electron chi connectivity index (χ3n) is 4.32. The number of nitrogens with two attached hydrogens (primary N) is 1. The summed E-state index contributed by atoms with van der Waals surface area (Å²) in [5, 5.41) is 7.70. The zero-order valence-electron chi connectivity index (χ0n) is 13.5. The number of rotatable bonds is 3. The van der Waals surface area contributed by atoms with Crippen LogP contribution in [0.4, 0.5) is 5.69 Å². The minimum atomic E-state index is -0.0130. The number of hydrogen-bond acceptors (Lipinski definition) is 6. The van der Waals surface area contributed by atoms with E-state index >= 15 is 0 Å². The summed E-state index contributed by atoms with van der Waals surface area (Å²) < 4.78 is 7.80. The van der Waals surface area contributed by atoms with Crippen molar-refractivity contribution >= 4 is 16.7 Å². The highest BCUT2D eigenvalue weighted by Crippen LogP contribution is 2.29. The van der Waals surface area contributed by atoms with E-state index in [-0.39, 0.29) is 12.0 Å². The van der Waals surface area contributed by atoms with E-state index in [1.165, 1.54) is 0 Å². The molecule has 3 N–H and O–H groups in total. The third kappa shape index (κ3) is 2.83. The van der Waals surface area contributed by atoms with Crippen LogP contribution in [0.25, 0.3) is 11.0 Å². The molecular formula is C17H20N6O. The molecular weight excluding hydrogens is 304 g/mol. The van der Waals surface area contributed by atoms with Gasteiger partial charge in [0, 0.05) is 43.8 Å². The molecule has 3 aromatic rings. The second-order valence-electron chi connectivity index (χ2n) is 6.08. The number of benzene rings is 1. The number of nitrogens with zero attached hydrogens (tertiary/aromatic N) is 4. The predicted octanol–water partition coefficient (Wildman–Crippen LogP) is 1.07. The molecule has 7 nitrogen and oxygen atoms in total. The first-order valence-electron chi connectivity index (χ1n) is 8.04. The maximum atomic E-state index is 6.00. The van der Waals surface area contributed by atoms with Gasteiger partial charge in [-0.25, -0.2) is 4.98 Å². The number of fused-ring (bicyclic) bond motifs is 1. The van der Waals surface area contributed by atoms with E-state index in [9.17, 15) is 0 Å². The largest absolute Gasteiger partial charge is 0.399 e. The molecule has 0 bridgehead atoms. The van der Waals surface area contributed by atoms with Crippen LogP contribution >= 0.6 is 0 Å². The minimum Gasteiger partial charge on any atom is -0.399 e. The molecule has 1 fully saturated rings. The number of anilines is 1. The number of ether oxygens (including phenoxy) is 1. The second kappa shape index (κ2) is 6.18. The number of aryl methyl sites for hydroxylation is 1. The van der Waals surface area contributed by atoms with Gasteiger partial charge in [0.1, 0.15) is 0 Å². The lowest BCUT2D eigenvalue weighted by molar-refractivity contribution is 0.0179. The number of nitrogens with one attached hydrogen (secondary N) is 1. The first-order valence-corrected chi connectivity index (χ1v) is 8.04. The first-order chi connectivity index (χ1) is 11.7. The van der Waals surface area contributed by atoms with Crippen molar-refractivity contribution in [2.24, 2.45) is 7.05 Å². The molecule has 3 heterocycles. The number of hydrogen-bond donors (Lipinski definition) is 2. The van der Waals surface area contributed by atoms with Crippen LogP contribution < -0.4 is 11.1 Å². The van der Waals surface area contributed by atoms with Crippen LogP contribution in [0.2, 0.25) is 0 Å². The zero-order chi connectivity index (χ0) is 16.5. The monoisotopic (exact) mass is 324 g/mol. The van der Waals surface area contributed by atoms with E-state index in [2.05, 4.69) is 15.4 Å². The van der Waals surface area contributed by atoms with Gasteiger partial charge in [0.05, 0.1) is 41.6 Å². The van der Waals surface area contributed by atoms with Crippen LogP contribution in [-0.4, -0.2) is 45.5 Å². The summed E-state index contributed by atoms with van der Waals surface area (Å²) in [6.45, 7) is 2.35. The van der Waals surface area contributed by atoms with Crippen molar-refractivity contribution in [1.82, 2.24) is 25.1 Å². The summed E-state index contributed by atoms with van der Waals surface area (Å²) in [4.78, 5) is 9.36. The maximum absolute atomic E-state index is 6.00. The van der Waals surface area contributed by atoms with Crippen molar-refractivity contribution in [3.8, 4) is 0 Å². The molecule has 124 valence electrons. The minimum absolute atomic E-state index is 0.00322. The van der Waals surface area contributed by atoms with Crippen LogP contribution in [0.5, 0.6) is 0 Å². The zero-order valence-corrected chi connectivity index (χ0v) is 13.5. The smallest absolute Gasteiger partial charge is 0.0907 e. The predicted molar refractivity (Wildman–Crippen MR) is 91.6 cm³/mol. The molecule has 0 radical (unpaired) electrons. The molecule has 1 unspecified atom stereocenters. The molecule has 24 heavy (non-hydrogen) atoms. The Morgan fingerprint density at radius 3 is 3.00 bits per heavy atom. The summed E-state index contributed by atoms with van der Waals surface area (Å²) in [5.41, 5.74) is 10.1. The van der Waals surface area contributed by atoms with Crippen molar-refractivity contribution in [1.29, 1.82) is 0 Å². The van der Waals surface area contributed by atoms with Crippen LogP contribution in [-0.2, 0) is 11.8 Å². The fourth-order valence-electron chi connectivity index (χ4n) is 3.17. The summed E-state index contributed by atoms with van der Waals surface area (Å²) in [6, 6.07) is 5.59. The Hall–Kier alpha value is -2.51. The first kappa shape index (κ1) is 15.0. The fraction of sp³-hybridized carbons (Fsp3) is 0.353. The highest BCUT2D eigenvalue weighted by Gasteiger charge is 2.30. The van der Waals surface area contributed by atoms with Crippen molar-refractivity contribution in [3.63, 3.8) is 0 Å². The van der Waals surface area contributed by atoms with Gasteiger partial charge in [-0.05, 0) is 18.2 Å². The molecule has 1 aromatic carbocycles. The van der Waals surface area contributed by atoms with Gasteiger partial charge in [0.25, 0.3) is 0 Å². The van der Waals surface area contributed by atoms with Crippen molar-refractivity contribution < 1.29 is 4.74 Å². The van der Waals surface area contributed by atoms with Gasteiger partial charge in [-0.3, -0.25) is 9.67 Å². The Kier molecular flexibility index (Phi) is 3.87. The van der Waals surface area contributed by atoms with Gasteiger partial charge in [0.15, 0.2) is 0 Å². The Morgan fingerprint density at radius 2 is 2.25 bits per heavy atom. The van der Waals surface area contributed by atoms with E-state index in [0.717, 1.165) is 35.4 Å². The van der Waals surface area contributed by atoms with Crippen LogP contribution in [0.15, 0.2) is 36.8 Å². The van der Waals surface area contributed by atoms with Crippen LogP contribution in [0, 0.1) is 0 Å². The molecule has 0 aliphatic carbocycles. The quantitative estimate of drug-likeness (QED) is 0.700. The highest BCUT2D eigenvalue weighted by molar-refractivity contribution is 5.77. The normalized spacial score (nSPS) is 19.5. The van der Waals surface area contributed by atoms with Crippen molar-refractivity contribution in [2.75, 3.05) is 25.4 Å². The SMILES string of the molecule is Cn1cc([C@H](c2cnc3cc(N)ccc3n2)C2CNCCO2)cn1. The van der Waals surface area contributed by atoms with E-state index in [1.54, 1.807) is 4.68 Å². The lowest BCUT2D eigenvalue weighted by Crippen LogP contribution is -2.42. The standard InChI is InChI=1S/C17H20N6O/c1-23-10-11(7-21-23)17(16-9-19-4-5-24-16)15-8-20-14-6-12(18)2-3-13(14)22-15/h2-3,6-8,10,16-17,19H,4-5,9,18H2,1H3/t16?,17-/m1/s1. The maximum Gasteiger partial charge on any atom is 0.0907 e. The lowest BCUT2D eigenvalue weighted by atomic mass is 9.92. The molecule has 1 aliphatic heterocycles. The number of nitrogen functional groups attached to an aromatic ring is 1.